The molecule has 0 amide bonds. The molecule has 0 bridgehead atoms. The molecule has 4 rings (SSSR count). The number of anilines is 2. The summed E-state index contributed by atoms with van der Waals surface area (Å²) in [6.07, 6.45) is 1.64. The zero-order chi connectivity index (χ0) is 19.5. The normalized spacial score (nSPS) is 15.4. The lowest BCUT2D eigenvalue weighted by molar-refractivity contribution is -0.880. The van der Waals surface area contributed by atoms with E-state index in [2.05, 4.69) is 27.5 Å². The van der Waals surface area contributed by atoms with Crippen molar-refractivity contribution in [3.8, 4) is 0 Å². The van der Waals surface area contributed by atoms with Gasteiger partial charge in [0.15, 0.2) is 0 Å². The van der Waals surface area contributed by atoms with Crippen molar-refractivity contribution in [3.63, 3.8) is 0 Å². The second kappa shape index (κ2) is 7.91. The molecule has 0 unspecified atom stereocenters. The van der Waals surface area contributed by atoms with Crippen molar-refractivity contribution >= 4 is 44.3 Å². The van der Waals surface area contributed by atoms with E-state index >= 15 is 0 Å². The largest absolute Gasteiger partial charge is 0.360 e. The molecule has 2 aromatic carbocycles. The van der Waals surface area contributed by atoms with Gasteiger partial charge in [0.25, 0.3) is 5.69 Å². The van der Waals surface area contributed by atoms with Gasteiger partial charge in [0.05, 0.1) is 54.6 Å². The summed E-state index contributed by atoms with van der Waals surface area (Å²) in [5.41, 5.74) is 5.62. The molecule has 144 valence electrons. The maximum atomic E-state index is 11.2. The number of hydrogen-bond donors (Lipinski definition) is 2. The number of rotatable bonds is 5. The third kappa shape index (κ3) is 3.95. The van der Waals surface area contributed by atoms with Crippen LogP contribution in [0.2, 0.25) is 0 Å². The van der Waals surface area contributed by atoms with Gasteiger partial charge >= 0.3 is 0 Å². The van der Waals surface area contributed by atoms with Crippen molar-refractivity contribution in [1.29, 1.82) is 0 Å². The average molecular weight is 397 g/mol. The van der Waals surface area contributed by atoms with Crippen LogP contribution in [-0.4, -0.2) is 49.3 Å². The summed E-state index contributed by atoms with van der Waals surface area (Å²) in [5.74, 6) is 0. The van der Waals surface area contributed by atoms with Crippen molar-refractivity contribution in [3.05, 3.63) is 58.1 Å². The Morgan fingerprint density at radius 1 is 1.29 bits per heavy atom. The minimum Gasteiger partial charge on any atom is -0.360 e. The van der Waals surface area contributed by atoms with Gasteiger partial charge in [-0.2, -0.15) is 5.10 Å². The predicted molar refractivity (Wildman–Crippen MR) is 113 cm³/mol. The van der Waals surface area contributed by atoms with Gasteiger partial charge in [0, 0.05) is 23.4 Å². The van der Waals surface area contributed by atoms with Crippen molar-refractivity contribution in [1.82, 2.24) is 4.98 Å². The fraction of sp³-hybridized carbons (Fsp3) is 0.263. The van der Waals surface area contributed by atoms with Crippen LogP contribution in [0.5, 0.6) is 0 Å². The summed E-state index contributed by atoms with van der Waals surface area (Å²) in [7, 11) is 2.18. The van der Waals surface area contributed by atoms with Crippen molar-refractivity contribution in [2.45, 2.75) is 0 Å². The quantitative estimate of drug-likeness (QED) is 0.391. The molecule has 1 fully saturated rings. The zero-order valence-corrected chi connectivity index (χ0v) is 16.3. The Morgan fingerprint density at radius 2 is 2.07 bits per heavy atom. The molecule has 2 heterocycles. The monoisotopic (exact) mass is 397 g/mol. The third-order valence-electron chi connectivity index (χ3n) is 4.84. The molecule has 28 heavy (non-hydrogen) atoms. The fourth-order valence-corrected chi connectivity index (χ4v) is 4.07. The minimum atomic E-state index is -0.379. The van der Waals surface area contributed by atoms with Crippen LogP contribution in [-0.2, 0) is 0 Å². The number of para-hydroxylation sites is 1. The molecule has 1 aliphatic rings. The molecule has 0 radical (unpaired) electrons. The van der Waals surface area contributed by atoms with Gasteiger partial charge in [-0.1, -0.05) is 23.5 Å². The summed E-state index contributed by atoms with van der Waals surface area (Å²) in [4.78, 5) is 19.1. The van der Waals surface area contributed by atoms with E-state index in [-0.39, 0.29) is 10.6 Å². The number of thiazole rings is 1. The number of likely N-dealkylation sites (N-methyl/N-ethyl adjacent to an activating group) is 1. The highest BCUT2D eigenvalue weighted by molar-refractivity contribution is 7.22. The van der Waals surface area contributed by atoms with Gasteiger partial charge in [-0.15, -0.1) is 0 Å². The number of nitro groups is 1. The number of aromatic nitrogens is 1. The van der Waals surface area contributed by atoms with Gasteiger partial charge in [0.1, 0.15) is 0 Å². The Labute approximate surface area is 166 Å². The van der Waals surface area contributed by atoms with Crippen LogP contribution in [0.1, 0.15) is 5.56 Å². The summed E-state index contributed by atoms with van der Waals surface area (Å²) in [5, 5.41) is 16.2. The van der Waals surface area contributed by atoms with Gasteiger partial charge in [0.2, 0.25) is 5.13 Å². The average Bonchev–Trinajstić information content (AvgIpc) is 3.11. The number of nitrogens with one attached hydrogen (secondary N) is 2. The van der Waals surface area contributed by atoms with Crippen LogP contribution in [0, 0.1) is 10.1 Å². The lowest BCUT2D eigenvalue weighted by atomic mass is 10.1. The Kier molecular flexibility index (Phi) is 5.18. The molecular formula is C19H21N6O2S+. The molecule has 1 aliphatic heterocycles. The van der Waals surface area contributed by atoms with Crippen LogP contribution >= 0.6 is 11.3 Å². The Balaban J connectivity index is 1.58. The maximum Gasteiger partial charge on any atom is 0.270 e. The van der Waals surface area contributed by atoms with E-state index in [1.165, 1.54) is 16.2 Å². The summed E-state index contributed by atoms with van der Waals surface area (Å²) < 4.78 is 1.08. The number of hydrogen-bond acceptors (Lipinski definition) is 7. The first-order valence-electron chi connectivity index (χ1n) is 9.09. The second-order valence-electron chi connectivity index (χ2n) is 6.80. The molecule has 8 nitrogen and oxygen atoms in total. The SMILES string of the molecule is C[NH+]1CCN(c2ccc([N+](=O)[O-])cc2/C=N\Nc2nc3ccccc3s2)CC1. The first kappa shape index (κ1) is 18.3. The lowest BCUT2D eigenvalue weighted by Gasteiger charge is -2.32. The first-order chi connectivity index (χ1) is 13.6. The highest BCUT2D eigenvalue weighted by Crippen LogP contribution is 2.26. The minimum absolute atomic E-state index is 0.0601. The number of non-ortho nitro benzene ring substituents is 1. The Morgan fingerprint density at radius 3 is 2.82 bits per heavy atom. The van der Waals surface area contributed by atoms with E-state index in [1.807, 2.05) is 30.3 Å². The van der Waals surface area contributed by atoms with Crippen LogP contribution in [0.25, 0.3) is 10.2 Å². The summed E-state index contributed by atoms with van der Waals surface area (Å²) in [6.45, 7) is 3.90. The molecule has 0 spiro atoms. The second-order valence-corrected chi connectivity index (χ2v) is 7.83. The van der Waals surface area contributed by atoms with Gasteiger partial charge in [-0.05, 0) is 18.2 Å². The number of hydrazone groups is 1. The number of nitro benzene ring substituents is 1. The summed E-state index contributed by atoms with van der Waals surface area (Å²) in [6, 6.07) is 12.8. The molecule has 0 saturated carbocycles. The fourth-order valence-electron chi connectivity index (χ4n) is 3.25. The number of piperazine rings is 1. The number of fused-ring (bicyclic) bond motifs is 1. The molecule has 3 aromatic rings. The van der Waals surface area contributed by atoms with Crippen LogP contribution in [0.15, 0.2) is 47.6 Å². The highest BCUT2D eigenvalue weighted by atomic mass is 32.1. The smallest absolute Gasteiger partial charge is 0.270 e. The number of quaternary nitrogens is 1. The summed E-state index contributed by atoms with van der Waals surface area (Å²) >= 11 is 1.52. The molecule has 2 N–H and O–H groups in total. The standard InChI is InChI=1S/C19H20N6O2S/c1-23-8-10-24(11-9-23)17-7-6-15(25(26)27)12-14(17)13-20-22-19-21-16-4-2-3-5-18(16)28-19/h2-7,12-13H,8-11H2,1H3,(H,21,22)/p+1/b20-13-. The first-order valence-corrected chi connectivity index (χ1v) is 9.91. The van der Waals surface area contributed by atoms with E-state index in [4.69, 9.17) is 0 Å². The van der Waals surface area contributed by atoms with E-state index in [0.29, 0.717) is 5.13 Å². The zero-order valence-electron chi connectivity index (χ0n) is 15.5. The lowest BCUT2D eigenvalue weighted by Crippen LogP contribution is -3.12. The van der Waals surface area contributed by atoms with Gasteiger partial charge in [-0.3, -0.25) is 15.5 Å². The highest BCUT2D eigenvalue weighted by Gasteiger charge is 2.20. The predicted octanol–water partition coefficient (Wildman–Crippen LogP) is 1.99. The van der Waals surface area contributed by atoms with Crippen molar-refractivity contribution < 1.29 is 9.82 Å². The van der Waals surface area contributed by atoms with Crippen LogP contribution in [0.4, 0.5) is 16.5 Å². The molecule has 1 aromatic heterocycles. The maximum absolute atomic E-state index is 11.2. The van der Waals surface area contributed by atoms with Gasteiger partial charge < -0.3 is 9.80 Å². The van der Waals surface area contributed by atoms with E-state index in [1.54, 1.807) is 18.3 Å². The van der Waals surface area contributed by atoms with Crippen molar-refractivity contribution in [2.75, 3.05) is 43.6 Å². The van der Waals surface area contributed by atoms with E-state index in [0.717, 1.165) is 47.6 Å². The van der Waals surface area contributed by atoms with Crippen LogP contribution in [0.3, 0.4) is 0 Å². The molecule has 1 saturated heterocycles. The molecule has 0 atom stereocenters. The number of benzene rings is 2. The van der Waals surface area contributed by atoms with Crippen LogP contribution < -0.4 is 15.2 Å². The van der Waals surface area contributed by atoms with Gasteiger partial charge in [-0.25, -0.2) is 4.98 Å². The van der Waals surface area contributed by atoms with E-state index in [9.17, 15) is 10.1 Å². The third-order valence-corrected chi connectivity index (χ3v) is 5.78. The Bertz CT molecular complexity index is 993. The van der Waals surface area contributed by atoms with Crippen molar-refractivity contribution in [2.24, 2.45) is 5.10 Å². The van der Waals surface area contributed by atoms with E-state index < -0.39 is 0 Å². The molecular weight excluding hydrogens is 376 g/mol. The topological polar surface area (TPSA) is 88.1 Å². The molecule has 9 heteroatoms. The molecule has 0 aliphatic carbocycles. The Hall–Kier alpha value is -3.04. The number of nitrogens with zero attached hydrogens (tertiary/aromatic N) is 4.